The molecule has 0 fully saturated rings. The second kappa shape index (κ2) is 14.8. The van der Waals surface area contributed by atoms with Gasteiger partial charge in [-0.2, -0.15) is 13.9 Å². The number of aromatic nitrogens is 3. The molecule has 19 heteroatoms. The number of hydrogen-bond donors (Lipinski definition) is 3. The molecule has 5 N–H and O–H groups in total. The first-order valence-corrected chi connectivity index (χ1v) is 16.4. The lowest BCUT2D eigenvalue weighted by molar-refractivity contribution is -0.123. The highest BCUT2D eigenvalue weighted by Crippen LogP contribution is 2.52. The summed E-state index contributed by atoms with van der Waals surface area (Å²) in [5.41, 5.74) is 4.21. The molecule has 1 unspecified atom stereocenters. The Kier molecular flexibility index (Phi) is 10.4. The monoisotopic (exact) mass is 792 g/mol. The zero-order valence-corrected chi connectivity index (χ0v) is 28.3. The van der Waals surface area contributed by atoms with E-state index in [9.17, 15) is 49.5 Å². The largest absolute Gasteiger partial charge is 0.366 e. The van der Waals surface area contributed by atoms with Gasteiger partial charge in [0.05, 0.1) is 34.1 Å². The molecule has 1 atom stereocenters. The first kappa shape index (κ1) is 39.4. The number of halogens is 10. The van der Waals surface area contributed by atoms with E-state index in [0.29, 0.717) is 6.07 Å². The van der Waals surface area contributed by atoms with Gasteiger partial charge in [-0.25, -0.2) is 40.1 Å². The van der Waals surface area contributed by atoms with Crippen molar-refractivity contribution in [1.82, 2.24) is 20.1 Å². The zero-order valence-electron chi connectivity index (χ0n) is 28.3. The van der Waals surface area contributed by atoms with E-state index >= 15 is 8.78 Å². The number of carbonyl (C=O) groups excluding carboxylic acids is 3. The molecule has 1 aliphatic carbocycles. The van der Waals surface area contributed by atoms with Crippen molar-refractivity contribution in [2.24, 2.45) is 11.5 Å². The van der Waals surface area contributed by atoms with E-state index in [1.807, 2.05) is 0 Å². The van der Waals surface area contributed by atoms with Crippen LogP contribution in [-0.4, -0.2) is 32.5 Å². The molecule has 0 spiro atoms. The van der Waals surface area contributed by atoms with Crippen LogP contribution < -0.4 is 16.8 Å². The van der Waals surface area contributed by atoms with Gasteiger partial charge in [-0.15, -0.1) is 0 Å². The number of alkyl halides is 6. The Hall–Kier alpha value is -6.27. The molecule has 0 aliphatic heterocycles. The molecule has 0 radical (unpaired) electrons. The quantitative estimate of drug-likeness (QED) is 0.120. The van der Waals surface area contributed by atoms with Crippen LogP contribution in [0.25, 0.3) is 22.4 Å². The number of carbonyl (C=O) groups is 3. The molecule has 9 nitrogen and oxygen atoms in total. The van der Waals surface area contributed by atoms with Gasteiger partial charge < -0.3 is 16.8 Å². The number of nitrogens with two attached hydrogens (primary N) is 2. The summed E-state index contributed by atoms with van der Waals surface area (Å²) in [6.07, 6.45) is -7.22. The molecule has 2 heterocycles. The molecule has 1 aliphatic rings. The number of pyridine rings is 1. The fourth-order valence-corrected chi connectivity index (χ4v) is 6.49. The van der Waals surface area contributed by atoms with Gasteiger partial charge in [-0.05, 0) is 66.1 Å². The standard InChI is InChI=1S/C37H26F10N6O3/c38-19-9-16(10-20(39)14-19)11-27(50-28(54)15-53-32-29(31(52-53)33(42)43)36(44,45)7-8-37(32,46)47)30-21(17-1-4-24(40)22(12-17)34(48)55)3-6-26(51-30)18-2-5-25(41)23(13-18)35(49)56/h1-6,9-10,12-14,27,33H,7-8,11,15H2,(H2,48,55)(H2,49,56)(H,50,54). The van der Waals surface area contributed by atoms with E-state index in [-0.39, 0.29) is 38.3 Å². The number of nitrogens with one attached hydrogen (secondary N) is 1. The molecule has 6 rings (SSSR count). The number of benzene rings is 3. The highest BCUT2D eigenvalue weighted by Gasteiger charge is 2.55. The fraction of sp³-hybridized carbons (Fsp3) is 0.216. The molecule has 3 amide bonds. The van der Waals surface area contributed by atoms with Gasteiger partial charge in [-0.1, -0.05) is 12.1 Å². The Morgan fingerprint density at radius 1 is 0.750 bits per heavy atom. The van der Waals surface area contributed by atoms with Crippen LogP contribution in [0.15, 0.2) is 66.7 Å². The van der Waals surface area contributed by atoms with E-state index in [0.717, 1.165) is 36.4 Å². The average molecular weight is 793 g/mol. The number of primary amides is 2. The van der Waals surface area contributed by atoms with E-state index < -0.39 is 119 Å². The molecule has 0 saturated heterocycles. The van der Waals surface area contributed by atoms with Crippen LogP contribution in [-0.2, 0) is 29.6 Å². The minimum Gasteiger partial charge on any atom is -0.366 e. The smallest absolute Gasteiger partial charge is 0.290 e. The average Bonchev–Trinajstić information content (AvgIpc) is 3.52. The van der Waals surface area contributed by atoms with Crippen LogP contribution in [0.1, 0.15) is 74.2 Å². The third-order valence-electron chi connectivity index (χ3n) is 8.97. The molecular weight excluding hydrogens is 766 g/mol. The fourth-order valence-electron chi connectivity index (χ4n) is 6.49. The summed E-state index contributed by atoms with van der Waals surface area (Å²) in [5.74, 6) is -16.0. The molecule has 5 aromatic rings. The van der Waals surface area contributed by atoms with Crippen molar-refractivity contribution < 1.29 is 58.3 Å². The number of hydrogen-bond acceptors (Lipinski definition) is 5. The topological polar surface area (TPSA) is 146 Å². The summed E-state index contributed by atoms with van der Waals surface area (Å²) in [5, 5.41) is 5.69. The molecule has 292 valence electrons. The third-order valence-corrected chi connectivity index (χ3v) is 8.97. The van der Waals surface area contributed by atoms with Crippen molar-refractivity contribution in [3.63, 3.8) is 0 Å². The molecule has 2 aromatic heterocycles. The summed E-state index contributed by atoms with van der Waals surface area (Å²) in [6, 6.07) is 9.56. The zero-order chi connectivity index (χ0) is 40.9. The van der Waals surface area contributed by atoms with Crippen LogP contribution in [0, 0.1) is 23.3 Å². The van der Waals surface area contributed by atoms with Crippen LogP contribution in [0.3, 0.4) is 0 Å². The summed E-state index contributed by atoms with van der Waals surface area (Å²) in [4.78, 5) is 42.3. The van der Waals surface area contributed by atoms with Crippen LogP contribution >= 0.6 is 0 Å². The highest BCUT2D eigenvalue weighted by atomic mass is 19.3. The van der Waals surface area contributed by atoms with Gasteiger partial charge in [-0.3, -0.25) is 19.1 Å². The maximum atomic E-state index is 15.1. The normalized spacial score (nSPS) is 15.0. The predicted octanol–water partition coefficient (Wildman–Crippen LogP) is 7.38. The van der Waals surface area contributed by atoms with E-state index in [2.05, 4.69) is 15.4 Å². The minimum atomic E-state index is -4.14. The summed E-state index contributed by atoms with van der Waals surface area (Å²) >= 11 is 0. The van der Waals surface area contributed by atoms with Gasteiger partial charge in [0.2, 0.25) is 5.91 Å². The van der Waals surface area contributed by atoms with E-state index in [4.69, 9.17) is 11.5 Å². The lowest BCUT2D eigenvalue weighted by atomic mass is 9.89. The second-order valence-electron chi connectivity index (χ2n) is 12.8. The SMILES string of the molecule is NC(=O)c1cc(-c2ccc(-c3ccc(F)c(C(N)=O)c3)c(C(Cc3cc(F)cc(F)c3)NC(=O)Cn3nc(C(F)F)c4c3C(F)(F)CCC4(F)F)n2)ccc1F. The molecule has 0 bridgehead atoms. The molecule has 0 saturated carbocycles. The van der Waals surface area contributed by atoms with Crippen molar-refractivity contribution >= 4 is 17.7 Å². The van der Waals surface area contributed by atoms with Gasteiger partial charge >= 0.3 is 0 Å². The van der Waals surface area contributed by atoms with Crippen LogP contribution in [0.2, 0.25) is 0 Å². The van der Waals surface area contributed by atoms with Gasteiger partial charge in [0.15, 0.2) is 0 Å². The number of nitrogens with zero attached hydrogens (tertiary/aromatic N) is 3. The molecule has 56 heavy (non-hydrogen) atoms. The van der Waals surface area contributed by atoms with Crippen molar-refractivity contribution in [3.8, 4) is 22.4 Å². The summed E-state index contributed by atoms with van der Waals surface area (Å²) < 4.78 is 146. The first-order chi connectivity index (χ1) is 26.2. The van der Waals surface area contributed by atoms with Crippen LogP contribution in [0.4, 0.5) is 43.9 Å². The maximum absolute atomic E-state index is 15.1. The number of amides is 3. The Morgan fingerprint density at radius 3 is 1.91 bits per heavy atom. The lowest BCUT2D eigenvalue weighted by Crippen LogP contribution is -2.37. The van der Waals surface area contributed by atoms with Crippen molar-refractivity contribution in [2.75, 3.05) is 0 Å². The Bertz CT molecular complexity index is 2380. The summed E-state index contributed by atoms with van der Waals surface area (Å²) in [6.45, 7) is -1.34. The Morgan fingerprint density at radius 2 is 1.32 bits per heavy atom. The van der Waals surface area contributed by atoms with Gasteiger partial charge in [0, 0.05) is 30.0 Å². The number of rotatable bonds is 11. The summed E-state index contributed by atoms with van der Waals surface area (Å²) in [7, 11) is 0. The number of fused-ring (bicyclic) bond motifs is 1. The minimum absolute atomic E-state index is 0.00158. The first-order valence-electron chi connectivity index (χ1n) is 16.4. The molecule has 3 aromatic carbocycles. The lowest BCUT2D eigenvalue weighted by Gasteiger charge is -2.29. The third kappa shape index (κ3) is 7.78. The van der Waals surface area contributed by atoms with Crippen molar-refractivity contribution in [3.05, 3.63) is 129 Å². The van der Waals surface area contributed by atoms with E-state index in [1.54, 1.807) is 0 Å². The van der Waals surface area contributed by atoms with Gasteiger partial charge in [0.1, 0.15) is 41.2 Å². The van der Waals surface area contributed by atoms with E-state index in [1.165, 1.54) is 24.3 Å². The molecular formula is C37H26F10N6O3. The van der Waals surface area contributed by atoms with Gasteiger partial charge in [0.25, 0.3) is 30.1 Å². The predicted molar refractivity (Wildman–Crippen MR) is 177 cm³/mol. The Labute approximate surface area is 309 Å². The Balaban J connectivity index is 1.52. The van der Waals surface area contributed by atoms with Crippen LogP contribution in [0.5, 0.6) is 0 Å². The van der Waals surface area contributed by atoms with Crippen molar-refractivity contribution in [1.29, 1.82) is 0 Å². The van der Waals surface area contributed by atoms with Crippen molar-refractivity contribution in [2.45, 2.75) is 50.1 Å². The highest BCUT2D eigenvalue weighted by molar-refractivity contribution is 5.95. The maximum Gasteiger partial charge on any atom is 0.290 e. The second-order valence-corrected chi connectivity index (χ2v) is 12.8.